The van der Waals surface area contributed by atoms with Crippen molar-refractivity contribution in [2.75, 3.05) is 0 Å². The normalized spacial score (nSPS) is 17.8. The minimum absolute atomic E-state index is 0.121. The topological polar surface area (TPSA) is 55.1 Å². The molecule has 0 amide bonds. The van der Waals surface area contributed by atoms with Gasteiger partial charge in [0.1, 0.15) is 11.6 Å². The van der Waals surface area contributed by atoms with Gasteiger partial charge in [-0.25, -0.2) is 14.2 Å². The fourth-order valence-electron chi connectivity index (χ4n) is 2.71. The number of aromatic carboxylic acids is 1. The second kappa shape index (κ2) is 4.74. The van der Waals surface area contributed by atoms with Gasteiger partial charge >= 0.3 is 5.97 Å². The molecule has 0 saturated heterocycles. The van der Waals surface area contributed by atoms with E-state index >= 15 is 0 Å². The second-order valence-electron chi connectivity index (χ2n) is 5.29. The lowest BCUT2D eigenvalue weighted by Crippen LogP contribution is -2.19. The highest BCUT2D eigenvalue weighted by Crippen LogP contribution is 2.29. The summed E-state index contributed by atoms with van der Waals surface area (Å²) in [6.45, 7) is 2.86. The maximum Gasteiger partial charge on any atom is 0.356 e. The van der Waals surface area contributed by atoms with E-state index in [0.717, 1.165) is 30.6 Å². The molecule has 0 aliphatic carbocycles. The third-order valence-corrected chi connectivity index (χ3v) is 3.76. The van der Waals surface area contributed by atoms with E-state index in [1.165, 1.54) is 12.1 Å². The fraction of sp³-hybridized carbons (Fsp3) is 0.333. The Balaban J connectivity index is 2.14. The van der Waals surface area contributed by atoms with Crippen LogP contribution in [0, 0.1) is 11.7 Å². The summed E-state index contributed by atoms with van der Waals surface area (Å²) in [5.74, 6) is -0.245. The average molecular weight is 274 g/mol. The van der Waals surface area contributed by atoms with Gasteiger partial charge in [0.05, 0.1) is 5.69 Å². The number of fused-ring (bicyclic) bond motifs is 1. The number of hydrogen-bond acceptors (Lipinski definition) is 2. The molecule has 2 aromatic rings. The Hall–Kier alpha value is -2.17. The molecule has 0 saturated carbocycles. The number of carboxylic acids is 1. The molecule has 1 aliphatic heterocycles. The molecule has 0 spiro atoms. The molecule has 5 heteroatoms. The lowest BCUT2D eigenvalue weighted by molar-refractivity contribution is 0.0689. The van der Waals surface area contributed by atoms with Gasteiger partial charge in [0.15, 0.2) is 5.69 Å². The first kappa shape index (κ1) is 12.8. The van der Waals surface area contributed by atoms with Crippen molar-refractivity contribution < 1.29 is 14.3 Å². The summed E-state index contributed by atoms with van der Waals surface area (Å²) in [4.78, 5) is 15.6. The maximum absolute atomic E-state index is 13.0. The lowest BCUT2D eigenvalue weighted by Gasteiger charge is -2.22. The highest BCUT2D eigenvalue weighted by atomic mass is 19.1. The standard InChI is InChI=1S/C15H15FN2O2/c1-9-6-7-18-12(8-9)13(15(19)20)17-14(18)10-2-4-11(16)5-3-10/h2-5,9H,6-8H2,1H3,(H,19,20). The van der Waals surface area contributed by atoms with Crippen LogP contribution in [0.5, 0.6) is 0 Å². The van der Waals surface area contributed by atoms with Gasteiger partial charge in [0, 0.05) is 12.1 Å². The second-order valence-corrected chi connectivity index (χ2v) is 5.29. The van der Waals surface area contributed by atoms with Crippen LogP contribution in [0.1, 0.15) is 29.5 Å². The van der Waals surface area contributed by atoms with Crippen molar-refractivity contribution in [2.45, 2.75) is 26.3 Å². The van der Waals surface area contributed by atoms with Crippen molar-refractivity contribution in [3.8, 4) is 11.4 Å². The highest BCUT2D eigenvalue weighted by molar-refractivity contribution is 5.88. The van der Waals surface area contributed by atoms with Crippen molar-refractivity contribution in [2.24, 2.45) is 5.92 Å². The lowest BCUT2D eigenvalue weighted by atomic mass is 9.97. The predicted octanol–water partition coefficient (Wildman–Crippen LogP) is 2.97. The van der Waals surface area contributed by atoms with Gasteiger partial charge in [-0.2, -0.15) is 0 Å². The van der Waals surface area contributed by atoms with Crippen molar-refractivity contribution in [1.29, 1.82) is 0 Å². The van der Waals surface area contributed by atoms with Gasteiger partial charge in [0.2, 0.25) is 0 Å². The molecule has 0 bridgehead atoms. The summed E-state index contributed by atoms with van der Waals surface area (Å²) in [6.07, 6.45) is 1.71. The smallest absolute Gasteiger partial charge is 0.356 e. The zero-order valence-corrected chi connectivity index (χ0v) is 11.1. The molecule has 3 rings (SSSR count). The van der Waals surface area contributed by atoms with E-state index in [1.807, 2.05) is 4.57 Å². The zero-order valence-electron chi connectivity index (χ0n) is 11.1. The molecule has 1 aliphatic rings. The number of halogens is 1. The Bertz CT molecular complexity index is 661. The Morgan fingerprint density at radius 1 is 1.40 bits per heavy atom. The van der Waals surface area contributed by atoms with E-state index in [1.54, 1.807) is 12.1 Å². The van der Waals surface area contributed by atoms with E-state index in [0.29, 0.717) is 11.7 Å². The van der Waals surface area contributed by atoms with Crippen LogP contribution in [-0.2, 0) is 13.0 Å². The largest absolute Gasteiger partial charge is 0.476 e. The summed E-state index contributed by atoms with van der Waals surface area (Å²) >= 11 is 0. The van der Waals surface area contributed by atoms with Gasteiger partial charge in [0.25, 0.3) is 0 Å². The fourth-order valence-corrected chi connectivity index (χ4v) is 2.71. The molecule has 2 heterocycles. The Kier molecular flexibility index (Phi) is 3.04. The zero-order chi connectivity index (χ0) is 14.3. The molecule has 1 aromatic heterocycles. The van der Waals surface area contributed by atoms with Crippen LogP contribution in [-0.4, -0.2) is 20.6 Å². The van der Waals surface area contributed by atoms with Crippen molar-refractivity contribution in [3.63, 3.8) is 0 Å². The molecule has 1 aromatic carbocycles. The summed E-state index contributed by atoms with van der Waals surface area (Å²) < 4.78 is 15.0. The first-order valence-electron chi connectivity index (χ1n) is 6.65. The number of imidazole rings is 1. The van der Waals surface area contributed by atoms with E-state index in [9.17, 15) is 14.3 Å². The summed E-state index contributed by atoms with van der Waals surface area (Å²) in [5, 5.41) is 9.30. The molecular formula is C15H15FN2O2. The molecule has 0 fully saturated rings. The average Bonchev–Trinajstić information content (AvgIpc) is 2.78. The van der Waals surface area contributed by atoms with Crippen LogP contribution in [0.2, 0.25) is 0 Å². The predicted molar refractivity (Wildman–Crippen MR) is 72.1 cm³/mol. The summed E-state index contributed by atoms with van der Waals surface area (Å²) in [6, 6.07) is 5.99. The monoisotopic (exact) mass is 274 g/mol. The number of carboxylic acid groups (broad SMARTS) is 1. The van der Waals surface area contributed by atoms with E-state index in [4.69, 9.17) is 0 Å². The van der Waals surface area contributed by atoms with Gasteiger partial charge in [-0.15, -0.1) is 0 Å². The van der Waals surface area contributed by atoms with Gasteiger partial charge in [-0.1, -0.05) is 6.92 Å². The molecule has 0 radical (unpaired) electrons. The minimum Gasteiger partial charge on any atom is -0.476 e. The quantitative estimate of drug-likeness (QED) is 0.916. The Morgan fingerprint density at radius 2 is 2.10 bits per heavy atom. The van der Waals surface area contributed by atoms with E-state index in [2.05, 4.69) is 11.9 Å². The van der Waals surface area contributed by atoms with Crippen LogP contribution >= 0.6 is 0 Å². The van der Waals surface area contributed by atoms with Crippen LogP contribution < -0.4 is 0 Å². The number of carbonyl (C=O) groups is 1. The minimum atomic E-state index is -1.00. The summed E-state index contributed by atoms with van der Waals surface area (Å²) in [7, 11) is 0. The molecular weight excluding hydrogens is 259 g/mol. The third kappa shape index (κ3) is 2.09. The molecule has 4 nitrogen and oxygen atoms in total. The van der Waals surface area contributed by atoms with Gasteiger partial charge in [-0.05, 0) is 43.0 Å². The van der Waals surface area contributed by atoms with Crippen molar-refractivity contribution in [1.82, 2.24) is 9.55 Å². The Labute approximate surface area is 115 Å². The SMILES string of the molecule is CC1CCn2c(-c3ccc(F)cc3)nc(C(=O)O)c2C1. The Morgan fingerprint density at radius 3 is 2.75 bits per heavy atom. The highest BCUT2D eigenvalue weighted by Gasteiger charge is 2.27. The first-order chi connectivity index (χ1) is 9.56. The van der Waals surface area contributed by atoms with Crippen molar-refractivity contribution in [3.05, 3.63) is 41.5 Å². The van der Waals surface area contributed by atoms with Crippen LogP contribution in [0.3, 0.4) is 0 Å². The maximum atomic E-state index is 13.0. The van der Waals surface area contributed by atoms with Crippen LogP contribution in [0.15, 0.2) is 24.3 Å². The number of rotatable bonds is 2. The van der Waals surface area contributed by atoms with Crippen molar-refractivity contribution >= 4 is 5.97 Å². The van der Waals surface area contributed by atoms with Crippen LogP contribution in [0.25, 0.3) is 11.4 Å². The third-order valence-electron chi connectivity index (χ3n) is 3.76. The molecule has 1 N–H and O–H groups in total. The summed E-state index contributed by atoms with van der Waals surface area (Å²) in [5.41, 5.74) is 1.64. The molecule has 104 valence electrons. The van der Waals surface area contributed by atoms with Gasteiger partial charge in [-0.3, -0.25) is 0 Å². The number of benzene rings is 1. The van der Waals surface area contributed by atoms with Crippen LogP contribution in [0.4, 0.5) is 4.39 Å². The molecule has 1 unspecified atom stereocenters. The number of hydrogen-bond donors (Lipinski definition) is 1. The first-order valence-corrected chi connectivity index (χ1v) is 6.65. The van der Waals surface area contributed by atoms with Gasteiger partial charge < -0.3 is 9.67 Å². The molecule has 20 heavy (non-hydrogen) atoms. The van der Waals surface area contributed by atoms with E-state index in [-0.39, 0.29) is 11.5 Å². The molecule has 1 atom stereocenters. The number of nitrogens with zero attached hydrogens (tertiary/aromatic N) is 2. The van der Waals surface area contributed by atoms with E-state index < -0.39 is 5.97 Å². The number of aromatic nitrogens is 2.